The topological polar surface area (TPSA) is 62.7 Å². The number of carbonyl (C=O) groups is 1. The Hall–Kier alpha value is -2.06. The molecule has 2 N–H and O–H groups in total. The lowest BCUT2D eigenvalue weighted by Gasteiger charge is -2.06. The highest BCUT2D eigenvalue weighted by atomic mass is 32.1. The van der Waals surface area contributed by atoms with E-state index < -0.39 is 0 Å². The number of hydrogen-bond acceptors (Lipinski definition) is 4. The van der Waals surface area contributed by atoms with Crippen molar-refractivity contribution in [1.82, 2.24) is 20.1 Å². The van der Waals surface area contributed by atoms with Gasteiger partial charge in [-0.05, 0) is 30.4 Å². The highest BCUT2D eigenvalue weighted by molar-refractivity contribution is 7.71. The van der Waals surface area contributed by atoms with Crippen LogP contribution in [0.5, 0.6) is 0 Å². The van der Waals surface area contributed by atoms with Crippen LogP contribution >= 0.6 is 23.6 Å². The van der Waals surface area contributed by atoms with Crippen LogP contribution < -0.4 is 5.32 Å². The second-order valence-electron chi connectivity index (χ2n) is 4.97. The van der Waals surface area contributed by atoms with E-state index in [0.717, 1.165) is 16.9 Å². The number of halogens is 1. The van der Waals surface area contributed by atoms with E-state index in [0.29, 0.717) is 28.1 Å². The summed E-state index contributed by atoms with van der Waals surface area (Å²) in [5.74, 6) is 0.335. The van der Waals surface area contributed by atoms with E-state index in [1.54, 1.807) is 18.2 Å². The van der Waals surface area contributed by atoms with Crippen LogP contribution in [0.25, 0.3) is 10.1 Å². The molecule has 8 heteroatoms. The van der Waals surface area contributed by atoms with Gasteiger partial charge in [0.25, 0.3) is 5.91 Å². The van der Waals surface area contributed by atoms with Crippen molar-refractivity contribution in [3.63, 3.8) is 0 Å². The van der Waals surface area contributed by atoms with Crippen LogP contribution in [0.2, 0.25) is 0 Å². The van der Waals surface area contributed by atoms with Gasteiger partial charge >= 0.3 is 0 Å². The van der Waals surface area contributed by atoms with Crippen LogP contribution in [0.15, 0.2) is 24.3 Å². The number of fused-ring (bicyclic) bond motifs is 1. The molecule has 3 rings (SSSR count). The number of aromatic nitrogens is 3. The molecule has 23 heavy (non-hydrogen) atoms. The smallest absolute Gasteiger partial charge is 0.261 e. The summed E-state index contributed by atoms with van der Waals surface area (Å²) in [5.41, 5.74) is 0. The molecule has 0 atom stereocenters. The second kappa shape index (κ2) is 6.59. The number of nitrogens with one attached hydrogen (secondary N) is 2. The highest BCUT2D eigenvalue weighted by Crippen LogP contribution is 2.27. The van der Waals surface area contributed by atoms with Gasteiger partial charge in [-0.25, -0.2) is 4.39 Å². The van der Waals surface area contributed by atoms with E-state index in [4.69, 9.17) is 12.2 Å². The molecule has 0 unspecified atom stereocenters. The summed E-state index contributed by atoms with van der Waals surface area (Å²) in [4.78, 5) is 12.7. The standard InChI is InChI=1S/C15H15FN4OS2/c1-2-13-18-19-15(22)20(13)7-6-17-14(21)12-8-9-10(16)4-3-5-11(9)23-12/h3-5,8H,2,6-7H2,1H3,(H,17,21)(H,19,22). The summed E-state index contributed by atoms with van der Waals surface area (Å²) in [6, 6.07) is 6.43. The van der Waals surface area contributed by atoms with Crippen molar-refractivity contribution in [3.05, 3.63) is 45.6 Å². The third kappa shape index (κ3) is 3.18. The quantitative estimate of drug-likeness (QED) is 0.694. The van der Waals surface area contributed by atoms with Crippen molar-refractivity contribution in [2.24, 2.45) is 0 Å². The van der Waals surface area contributed by atoms with Gasteiger partial charge in [-0.3, -0.25) is 9.89 Å². The Bertz CT molecular complexity index is 912. The number of carbonyl (C=O) groups excluding carboxylic acids is 1. The van der Waals surface area contributed by atoms with Crippen molar-refractivity contribution >= 4 is 39.5 Å². The molecular formula is C15H15FN4OS2. The molecule has 120 valence electrons. The molecule has 0 bridgehead atoms. The molecule has 2 aromatic heterocycles. The molecule has 0 radical (unpaired) electrons. The molecule has 0 aliphatic carbocycles. The number of amides is 1. The van der Waals surface area contributed by atoms with Crippen LogP contribution in [0, 0.1) is 10.6 Å². The van der Waals surface area contributed by atoms with Crippen molar-refractivity contribution in [2.75, 3.05) is 6.54 Å². The molecule has 0 saturated heterocycles. The Balaban J connectivity index is 1.68. The van der Waals surface area contributed by atoms with Crippen molar-refractivity contribution < 1.29 is 9.18 Å². The van der Waals surface area contributed by atoms with Crippen molar-refractivity contribution in [3.8, 4) is 0 Å². The Kier molecular flexibility index (Phi) is 4.53. The first kappa shape index (κ1) is 15.8. The van der Waals surface area contributed by atoms with Crippen LogP contribution in [0.3, 0.4) is 0 Å². The summed E-state index contributed by atoms with van der Waals surface area (Å²) in [6.07, 6.45) is 0.761. The first-order chi connectivity index (χ1) is 11.1. The molecule has 0 aliphatic rings. The van der Waals surface area contributed by atoms with Crippen molar-refractivity contribution in [2.45, 2.75) is 19.9 Å². The third-order valence-corrected chi connectivity index (χ3v) is 4.92. The molecular weight excluding hydrogens is 335 g/mol. The third-order valence-electron chi connectivity index (χ3n) is 3.51. The summed E-state index contributed by atoms with van der Waals surface area (Å²) < 4.78 is 16.8. The van der Waals surface area contributed by atoms with Crippen LogP contribution in [0.4, 0.5) is 4.39 Å². The lowest BCUT2D eigenvalue weighted by atomic mass is 10.2. The van der Waals surface area contributed by atoms with E-state index in [2.05, 4.69) is 15.5 Å². The SMILES string of the molecule is CCc1n[nH]c(=S)n1CCNC(=O)c1cc2c(F)cccc2s1. The van der Waals surface area contributed by atoms with Gasteiger partial charge in [-0.1, -0.05) is 13.0 Å². The first-order valence-electron chi connectivity index (χ1n) is 7.20. The molecule has 3 aromatic rings. The van der Waals surface area contributed by atoms with Crippen LogP contribution in [0.1, 0.15) is 22.4 Å². The zero-order valence-electron chi connectivity index (χ0n) is 12.4. The van der Waals surface area contributed by atoms with Gasteiger partial charge in [0.15, 0.2) is 4.77 Å². The fraction of sp³-hybridized carbons (Fsp3) is 0.267. The van der Waals surface area contributed by atoms with Gasteiger partial charge in [0.05, 0.1) is 4.88 Å². The van der Waals surface area contributed by atoms with E-state index >= 15 is 0 Å². The fourth-order valence-electron chi connectivity index (χ4n) is 2.36. The molecule has 5 nitrogen and oxygen atoms in total. The van der Waals surface area contributed by atoms with Gasteiger partial charge in [-0.2, -0.15) is 5.10 Å². The number of benzene rings is 1. The molecule has 1 amide bonds. The van der Waals surface area contributed by atoms with E-state index in [9.17, 15) is 9.18 Å². The Labute approximate surface area is 141 Å². The number of rotatable bonds is 5. The lowest BCUT2D eigenvalue weighted by molar-refractivity contribution is 0.0956. The van der Waals surface area contributed by atoms with Crippen LogP contribution in [-0.2, 0) is 13.0 Å². The zero-order valence-corrected chi connectivity index (χ0v) is 14.1. The van der Waals surface area contributed by atoms with Gasteiger partial charge in [-0.15, -0.1) is 11.3 Å². The number of nitrogens with zero attached hydrogens (tertiary/aromatic N) is 2. The van der Waals surface area contributed by atoms with E-state index in [1.807, 2.05) is 11.5 Å². The van der Waals surface area contributed by atoms with Gasteiger partial charge < -0.3 is 9.88 Å². The largest absolute Gasteiger partial charge is 0.350 e. The van der Waals surface area contributed by atoms with Gasteiger partial charge in [0, 0.05) is 29.6 Å². The summed E-state index contributed by atoms with van der Waals surface area (Å²) in [5, 5.41) is 10.2. The summed E-state index contributed by atoms with van der Waals surface area (Å²) in [6.45, 7) is 2.96. The predicted octanol–water partition coefficient (Wildman–Crippen LogP) is 3.29. The van der Waals surface area contributed by atoms with E-state index in [1.165, 1.54) is 17.4 Å². The minimum atomic E-state index is -0.310. The Morgan fingerprint density at radius 3 is 3.09 bits per heavy atom. The number of hydrogen-bond donors (Lipinski definition) is 2. The predicted molar refractivity (Wildman–Crippen MR) is 90.9 cm³/mol. The average Bonchev–Trinajstić information content (AvgIpc) is 3.12. The highest BCUT2D eigenvalue weighted by Gasteiger charge is 2.12. The maximum absolute atomic E-state index is 13.7. The van der Waals surface area contributed by atoms with E-state index in [-0.39, 0.29) is 11.7 Å². The lowest BCUT2D eigenvalue weighted by Crippen LogP contribution is -2.27. The summed E-state index contributed by atoms with van der Waals surface area (Å²) >= 11 is 6.44. The maximum Gasteiger partial charge on any atom is 0.261 e. The molecule has 0 aliphatic heterocycles. The second-order valence-corrected chi connectivity index (χ2v) is 6.44. The Morgan fingerprint density at radius 2 is 2.35 bits per heavy atom. The first-order valence-corrected chi connectivity index (χ1v) is 8.43. The van der Waals surface area contributed by atoms with Gasteiger partial charge in [0.2, 0.25) is 0 Å². The average molecular weight is 350 g/mol. The number of thiophene rings is 1. The zero-order chi connectivity index (χ0) is 16.4. The molecule has 0 fully saturated rings. The molecule has 1 aromatic carbocycles. The monoisotopic (exact) mass is 350 g/mol. The van der Waals surface area contributed by atoms with Gasteiger partial charge in [0.1, 0.15) is 11.6 Å². The molecule has 0 saturated carbocycles. The normalized spacial score (nSPS) is 11.0. The maximum atomic E-state index is 13.7. The number of aromatic amines is 1. The molecule has 2 heterocycles. The van der Waals surface area contributed by atoms with Crippen LogP contribution in [-0.4, -0.2) is 27.2 Å². The Morgan fingerprint density at radius 1 is 1.52 bits per heavy atom. The summed E-state index contributed by atoms with van der Waals surface area (Å²) in [7, 11) is 0. The number of aryl methyl sites for hydroxylation is 1. The molecule has 0 spiro atoms. The number of H-pyrrole nitrogens is 1. The van der Waals surface area contributed by atoms with Crippen molar-refractivity contribution in [1.29, 1.82) is 0 Å². The fourth-order valence-corrected chi connectivity index (χ4v) is 3.59. The minimum Gasteiger partial charge on any atom is -0.350 e. The minimum absolute atomic E-state index is 0.210.